The van der Waals surface area contributed by atoms with Gasteiger partial charge in [0.1, 0.15) is 23.7 Å². The minimum atomic E-state index is -1.46. The van der Waals surface area contributed by atoms with E-state index in [9.17, 15) is 28.0 Å². The minimum Gasteiger partial charge on any atom is -0.341 e. The van der Waals surface area contributed by atoms with Gasteiger partial charge >= 0.3 is 12.1 Å². The third kappa shape index (κ3) is 3.94. The van der Waals surface area contributed by atoms with Crippen molar-refractivity contribution in [3.63, 3.8) is 0 Å². The number of hydrogen-bond acceptors (Lipinski definition) is 4. The molecule has 11 heteroatoms. The molecule has 1 saturated heterocycles. The van der Waals surface area contributed by atoms with Crippen molar-refractivity contribution in [1.82, 2.24) is 20.4 Å². The SMILES string of the molecule is CNC(=O)Nc1cc2c(cc1F)[C@]1(CC2)NC(=O)N(CC(=O)N2CCCc3cc(F)ccc3C2)C1=O. The summed E-state index contributed by atoms with van der Waals surface area (Å²) in [5.41, 5.74) is 1.13. The molecule has 2 aromatic carbocycles. The molecule has 1 atom stereocenters. The summed E-state index contributed by atoms with van der Waals surface area (Å²) in [6.07, 6.45) is 1.85. The zero-order chi connectivity index (χ0) is 25.6. The van der Waals surface area contributed by atoms with Crippen molar-refractivity contribution in [1.29, 1.82) is 0 Å². The van der Waals surface area contributed by atoms with Crippen molar-refractivity contribution in [2.24, 2.45) is 0 Å². The maximum Gasteiger partial charge on any atom is 0.325 e. The largest absolute Gasteiger partial charge is 0.341 e. The molecular weight excluding hydrogens is 472 g/mol. The first-order valence-corrected chi connectivity index (χ1v) is 11.7. The number of carbonyl (C=O) groups is 4. The summed E-state index contributed by atoms with van der Waals surface area (Å²) in [6, 6.07) is 5.78. The van der Waals surface area contributed by atoms with E-state index in [1.807, 2.05) is 0 Å². The number of fused-ring (bicyclic) bond motifs is 3. The lowest BCUT2D eigenvalue weighted by Crippen LogP contribution is -2.45. The van der Waals surface area contributed by atoms with Gasteiger partial charge in [-0.05, 0) is 72.2 Å². The van der Waals surface area contributed by atoms with Crippen LogP contribution in [0.4, 0.5) is 24.1 Å². The summed E-state index contributed by atoms with van der Waals surface area (Å²) in [5, 5.41) is 7.43. The molecule has 2 aliphatic heterocycles. The highest BCUT2D eigenvalue weighted by Gasteiger charge is 2.56. The van der Waals surface area contributed by atoms with Gasteiger partial charge in [0, 0.05) is 20.1 Å². The van der Waals surface area contributed by atoms with Crippen LogP contribution >= 0.6 is 0 Å². The van der Waals surface area contributed by atoms with E-state index in [2.05, 4.69) is 16.0 Å². The van der Waals surface area contributed by atoms with E-state index in [0.717, 1.165) is 22.1 Å². The fourth-order valence-electron chi connectivity index (χ4n) is 5.26. The Labute approximate surface area is 205 Å². The number of benzene rings is 2. The highest BCUT2D eigenvalue weighted by molar-refractivity contribution is 6.10. The second-order valence-electron chi connectivity index (χ2n) is 9.25. The lowest BCUT2D eigenvalue weighted by Gasteiger charge is -2.25. The van der Waals surface area contributed by atoms with Gasteiger partial charge in [-0.15, -0.1) is 0 Å². The number of hydrogen-bond donors (Lipinski definition) is 3. The molecule has 188 valence electrons. The second kappa shape index (κ2) is 8.89. The zero-order valence-electron chi connectivity index (χ0n) is 19.6. The van der Waals surface area contributed by atoms with Crippen LogP contribution in [0.3, 0.4) is 0 Å². The summed E-state index contributed by atoms with van der Waals surface area (Å²) in [4.78, 5) is 53.5. The highest BCUT2D eigenvalue weighted by Crippen LogP contribution is 2.43. The fourth-order valence-corrected chi connectivity index (χ4v) is 5.26. The number of imide groups is 1. The summed E-state index contributed by atoms with van der Waals surface area (Å²) in [7, 11) is 1.41. The van der Waals surface area contributed by atoms with Gasteiger partial charge in [0.2, 0.25) is 5.91 Å². The third-order valence-corrected chi connectivity index (χ3v) is 7.12. The van der Waals surface area contributed by atoms with Crippen molar-refractivity contribution in [2.45, 2.75) is 37.8 Å². The fraction of sp³-hybridized carbons (Fsp3) is 0.360. The van der Waals surface area contributed by atoms with Gasteiger partial charge in [0.15, 0.2) is 0 Å². The van der Waals surface area contributed by atoms with E-state index in [-0.39, 0.29) is 24.5 Å². The van der Waals surface area contributed by atoms with E-state index in [4.69, 9.17) is 0 Å². The minimum absolute atomic E-state index is 0.0321. The van der Waals surface area contributed by atoms with Crippen LogP contribution < -0.4 is 16.0 Å². The average Bonchev–Trinajstić information content (AvgIpc) is 3.20. The molecule has 0 aromatic heterocycles. The first kappa shape index (κ1) is 23.7. The maximum absolute atomic E-state index is 14.8. The van der Waals surface area contributed by atoms with E-state index in [0.29, 0.717) is 36.9 Å². The van der Waals surface area contributed by atoms with Crippen molar-refractivity contribution in [3.05, 3.63) is 64.2 Å². The quantitative estimate of drug-likeness (QED) is 0.566. The van der Waals surface area contributed by atoms with Crippen LogP contribution in [0, 0.1) is 11.6 Å². The van der Waals surface area contributed by atoms with E-state index < -0.39 is 41.8 Å². The van der Waals surface area contributed by atoms with Crippen LogP contribution in [0.5, 0.6) is 0 Å². The van der Waals surface area contributed by atoms with Crippen LogP contribution in [-0.4, -0.2) is 53.8 Å². The summed E-state index contributed by atoms with van der Waals surface area (Å²) < 4.78 is 28.4. The number of nitrogens with zero attached hydrogens (tertiary/aromatic N) is 2. The van der Waals surface area contributed by atoms with Gasteiger partial charge in [-0.2, -0.15) is 0 Å². The molecule has 1 spiro atoms. The molecule has 0 radical (unpaired) electrons. The highest BCUT2D eigenvalue weighted by atomic mass is 19.1. The summed E-state index contributed by atoms with van der Waals surface area (Å²) >= 11 is 0. The second-order valence-corrected chi connectivity index (χ2v) is 9.25. The summed E-state index contributed by atoms with van der Waals surface area (Å²) in [6.45, 7) is 0.231. The topological polar surface area (TPSA) is 111 Å². The molecule has 5 rings (SSSR count). The van der Waals surface area contributed by atoms with Crippen LogP contribution in [0.15, 0.2) is 30.3 Å². The van der Waals surface area contributed by atoms with Gasteiger partial charge in [-0.25, -0.2) is 18.4 Å². The number of carbonyl (C=O) groups excluding carboxylic acids is 4. The number of amides is 6. The molecule has 9 nitrogen and oxygen atoms in total. The van der Waals surface area contributed by atoms with Crippen molar-refractivity contribution in [3.8, 4) is 0 Å². The molecule has 0 unspecified atom stereocenters. The number of anilines is 1. The number of nitrogens with one attached hydrogen (secondary N) is 3. The molecule has 3 N–H and O–H groups in total. The molecule has 1 fully saturated rings. The predicted molar refractivity (Wildman–Crippen MR) is 125 cm³/mol. The molecular formula is C25H25F2N5O4. The Hall–Kier alpha value is -4.02. The molecule has 1 aliphatic carbocycles. The zero-order valence-corrected chi connectivity index (χ0v) is 19.6. The van der Waals surface area contributed by atoms with Crippen LogP contribution in [0.25, 0.3) is 0 Å². The smallest absolute Gasteiger partial charge is 0.325 e. The maximum atomic E-state index is 14.8. The number of halogens is 2. The summed E-state index contributed by atoms with van der Waals surface area (Å²) in [5.74, 6) is -2.08. The molecule has 2 aromatic rings. The Balaban J connectivity index is 1.35. The molecule has 6 amide bonds. The first-order chi connectivity index (χ1) is 17.2. The monoisotopic (exact) mass is 497 g/mol. The number of aryl methyl sites for hydroxylation is 2. The molecule has 3 aliphatic rings. The van der Waals surface area contributed by atoms with E-state index in [1.54, 1.807) is 11.0 Å². The molecule has 36 heavy (non-hydrogen) atoms. The van der Waals surface area contributed by atoms with Crippen molar-refractivity contribution in [2.75, 3.05) is 25.5 Å². The number of rotatable bonds is 3. The van der Waals surface area contributed by atoms with E-state index in [1.165, 1.54) is 25.2 Å². The van der Waals surface area contributed by atoms with Gasteiger partial charge in [0.25, 0.3) is 5.91 Å². The first-order valence-electron chi connectivity index (χ1n) is 11.7. The van der Waals surface area contributed by atoms with E-state index >= 15 is 0 Å². The lowest BCUT2D eigenvalue weighted by molar-refractivity contribution is -0.139. The Morgan fingerprint density at radius 3 is 2.67 bits per heavy atom. The van der Waals surface area contributed by atoms with Crippen LogP contribution in [-0.2, 0) is 34.5 Å². The van der Waals surface area contributed by atoms with Crippen LogP contribution in [0.2, 0.25) is 0 Å². The van der Waals surface area contributed by atoms with Crippen LogP contribution in [0.1, 0.15) is 35.1 Å². The van der Waals surface area contributed by atoms with Gasteiger partial charge in [-0.1, -0.05) is 6.07 Å². The normalized spacial score (nSPS) is 20.6. The molecule has 2 heterocycles. The number of urea groups is 2. The Kier molecular flexibility index (Phi) is 5.85. The molecule has 0 bridgehead atoms. The lowest BCUT2D eigenvalue weighted by atomic mass is 9.91. The Morgan fingerprint density at radius 2 is 1.89 bits per heavy atom. The van der Waals surface area contributed by atoms with Gasteiger partial charge in [-0.3, -0.25) is 14.5 Å². The Bertz CT molecular complexity index is 1300. The van der Waals surface area contributed by atoms with Crippen molar-refractivity contribution < 1.29 is 28.0 Å². The standard InChI is InChI=1S/C25H25F2N5O4/c1-28-23(35)29-20-10-15-6-7-25(18(15)11-19(20)27)22(34)32(24(36)30-25)13-21(33)31-8-2-3-14-9-17(26)5-4-16(14)12-31/h4-5,9-11H,2-3,6-8,12-13H2,1H3,(H,30,36)(H2,28,29,35)/t25-/m0/s1. The third-order valence-electron chi connectivity index (χ3n) is 7.12. The van der Waals surface area contributed by atoms with Gasteiger partial charge < -0.3 is 20.9 Å². The predicted octanol–water partition coefficient (Wildman–Crippen LogP) is 2.38. The molecule has 0 saturated carbocycles. The Morgan fingerprint density at radius 1 is 1.08 bits per heavy atom. The van der Waals surface area contributed by atoms with Gasteiger partial charge in [0.05, 0.1) is 5.69 Å². The average molecular weight is 498 g/mol. The van der Waals surface area contributed by atoms with Crippen molar-refractivity contribution >= 4 is 29.6 Å².